The van der Waals surface area contributed by atoms with Gasteiger partial charge in [0.2, 0.25) is 0 Å². The van der Waals surface area contributed by atoms with Gasteiger partial charge < -0.3 is 10.1 Å². The minimum Gasteiger partial charge on any atom is -0.493 e. The third-order valence-corrected chi connectivity index (χ3v) is 2.64. The molecule has 1 heterocycles. The summed E-state index contributed by atoms with van der Waals surface area (Å²) in [5.74, 6) is 0.102. The van der Waals surface area contributed by atoms with Crippen molar-refractivity contribution in [2.24, 2.45) is 0 Å². The molecule has 0 bridgehead atoms. The molecule has 1 aliphatic rings. The molecule has 2 nitrogen and oxygen atoms in total. The Morgan fingerprint density at radius 2 is 2.27 bits per heavy atom. The molecular weight excluding hydrogens is 217 g/mol. The van der Waals surface area contributed by atoms with Crippen LogP contribution in [0.2, 0.25) is 0 Å². The summed E-state index contributed by atoms with van der Waals surface area (Å²) in [6.07, 6.45) is 2.20. The van der Waals surface area contributed by atoms with E-state index in [-0.39, 0.29) is 24.3 Å². The molecule has 4 heteroatoms. The van der Waals surface area contributed by atoms with Crippen LogP contribution in [0.3, 0.4) is 0 Å². The Morgan fingerprint density at radius 3 is 2.87 bits per heavy atom. The first-order valence-corrected chi connectivity index (χ1v) is 4.88. The van der Waals surface area contributed by atoms with E-state index in [4.69, 9.17) is 4.74 Å². The normalized spacial score (nSPS) is 19.7. The second-order valence-corrected chi connectivity index (χ2v) is 3.51. The van der Waals surface area contributed by atoms with Gasteiger partial charge in [-0.25, -0.2) is 4.39 Å². The molecule has 0 aromatic heterocycles. The standard InChI is InChI=1S/C11H14FNO.ClH/c1-14-11-8(4-2-5-9(11)12)10-6-3-7-13-10;/h2,4-5,10,13H,3,6-7H2,1H3;1H/t10-;/m0./s1. The summed E-state index contributed by atoms with van der Waals surface area (Å²) < 4.78 is 18.4. The summed E-state index contributed by atoms with van der Waals surface area (Å²) in [6.45, 7) is 1.00. The average Bonchev–Trinajstić information content (AvgIpc) is 2.70. The number of para-hydroxylation sites is 1. The number of hydrogen-bond donors (Lipinski definition) is 1. The van der Waals surface area contributed by atoms with Crippen molar-refractivity contribution in [3.8, 4) is 5.75 Å². The number of rotatable bonds is 2. The maximum atomic E-state index is 13.4. The van der Waals surface area contributed by atoms with Crippen molar-refractivity contribution in [1.29, 1.82) is 0 Å². The highest BCUT2D eigenvalue weighted by Gasteiger charge is 2.21. The number of ether oxygens (including phenoxy) is 1. The molecule has 0 saturated carbocycles. The number of nitrogens with one attached hydrogen (secondary N) is 1. The minimum absolute atomic E-state index is 0. The van der Waals surface area contributed by atoms with Crippen LogP contribution in [0.4, 0.5) is 4.39 Å². The summed E-state index contributed by atoms with van der Waals surface area (Å²) in [6, 6.07) is 5.33. The van der Waals surface area contributed by atoms with Gasteiger partial charge in [0.1, 0.15) is 0 Å². The van der Waals surface area contributed by atoms with Crippen LogP contribution < -0.4 is 10.1 Å². The van der Waals surface area contributed by atoms with E-state index in [0.717, 1.165) is 24.9 Å². The van der Waals surface area contributed by atoms with Crippen LogP contribution in [-0.4, -0.2) is 13.7 Å². The molecule has 1 saturated heterocycles. The first kappa shape index (κ1) is 12.3. The van der Waals surface area contributed by atoms with Crippen molar-refractivity contribution >= 4 is 12.4 Å². The van der Waals surface area contributed by atoms with Crippen molar-refractivity contribution in [2.45, 2.75) is 18.9 Å². The maximum absolute atomic E-state index is 13.4. The molecule has 1 fully saturated rings. The molecule has 1 N–H and O–H groups in total. The van der Waals surface area contributed by atoms with Gasteiger partial charge in [-0.1, -0.05) is 12.1 Å². The third-order valence-electron chi connectivity index (χ3n) is 2.64. The molecule has 15 heavy (non-hydrogen) atoms. The molecule has 0 unspecified atom stereocenters. The van der Waals surface area contributed by atoms with Crippen LogP contribution in [0, 0.1) is 5.82 Å². The Kier molecular flexibility index (Phi) is 4.36. The minimum atomic E-state index is -0.279. The van der Waals surface area contributed by atoms with E-state index in [1.165, 1.54) is 13.2 Å². The maximum Gasteiger partial charge on any atom is 0.165 e. The molecule has 84 valence electrons. The van der Waals surface area contributed by atoms with Gasteiger partial charge in [-0.2, -0.15) is 0 Å². The van der Waals surface area contributed by atoms with E-state index in [2.05, 4.69) is 5.32 Å². The molecule has 0 aliphatic carbocycles. The van der Waals surface area contributed by atoms with Gasteiger partial charge in [-0.3, -0.25) is 0 Å². The zero-order valence-corrected chi connectivity index (χ0v) is 9.44. The zero-order chi connectivity index (χ0) is 9.97. The van der Waals surface area contributed by atoms with Crippen molar-refractivity contribution in [1.82, 2.24) is 5.32 Å². The van der Waals surface area contributed by atoms with Crippen molar-refractivity contribution in [2.75, 3.05) is 13.7 Å². The highest BCUT2D eigenvalue weighted by molar-refractivity contribution is 5.85. The van der Waals surface area contributed by atoms with Gasteiger partial charge in [-0.15, -0.1) is 12.4 Å². The van der Waals surface area contributed by atoms with E-state index >= 15 is 0 Å². The second kappa shape index (κ2) is 5.33. The molecule has 0 spiro atoms. The largest absolute Gasteiger partial charge is 0.493 e. The monoisotopic (exact) mass is 231 g/mol. The van der Waals surface area contributed by atoms with Crippen LogP contribution in [0.25, 0.3) is 0 Å². The average molecular weight is 232 g/mol. The summed E-state index contributed by atoms with van der Waals surface area (Å²) >= 11 is 0. The molecule has 1 aromatic rings. The lowest BCUT2D eigenvalue weighted by atomic mass is 10.0. The SMILES string of the molecule is COc1c(F)cccc1[C@@H]1CCCN1.Cl. The van der Waals surface area contributed by atoms with Crippen LogP contribution in [0.1, 0.15) is 24.4 Å². The van der Waals surface area contributed by atoms with Gasteiger partial charge >= 0.3 is 0 Å². The summed E-state index contributed by atoms with van der Waals surface area (Å²) in [5.41, 5.74) is 0.935. The number of methoxy groups -OCH3 is 1. The lowest BCUT2D eigenvalue weighted by molar-refractivity contribution is 0.376. The van der Waals surface area contributed by atoms with Gasteiger partial charge in [0.25, 0.3) is 0 Å². The zero-order valence-electron chi connectivity index (χ0n) is 8.63. The Hall–Kier alpha value is -0.800. The predicted octanol–water partition coefficient (Wildman–Crippen LogP) is 2.68. The first-order valence-electron chi connectivity index (χ1n) is 4.88. The predicted molar refractivity (Wildman–Crippen MR) is 60.2 cm³/mol. The number of hydrogen-bond acceptors (Lipinski definition) is 2. The van der Waals surface area contributed by atoms with Gasteiger partial charge in [-0.05, 0) is 25.5 Å². The molecule has 2 rings (SSSR count). The van der Waals surface area contributed by atoms with E-state index in [9.17, 15) is 4.39 Å². The van der Waals surface area contributed by atoms with Crippen molar-refractivity contribution in [3.05, 3.63) is 29.6 Å². The Balaban J connectivity index is 0.00000112. The summed E-state index contributed by atoms with van der Waals surface area (Å²) in [5, 5.41) is 3.33. The summed E-state index contributed by atoms with van der Waals surface area (Å²) in [4.78, 5) is 0. The topological polar surface area (TPSA) is 21.3 Å². The Labute approximate surface area is 95.2 Å². The van der Waals surface area contributed by atoms with Gasteiger partial charge in [0.15, 0.2) is 11.6 Å². The number of benzene rings is 1. The lowest BCUT2D eigenvalue weighted by Crippen LogP contribution is -2.14. The summed E-state index contributed by atoms with van der Waals surface area (Å²) in [7, 11) is 1.51. The van der Waals surface area contributed by atoms with Crippen LogP contribution in [0.5, 0.6) is 5.75 Å². The van der Waals surface area contributed by atoms with Crippen molar-refractivity contribution < 1.29 is 9.13 Å². The fourth-order valence-corrected chi connectivity index (χ4v) is 1.97. The lowest BCUT2D eigenvalue weighted by Gasteiger charge is -2.15. The molecule has 0 radical (unpaired) electrons. The fourth-order valence-electron chi connectivity index (χ4n) is 1.97. The second-order valence-electron chi connectivity index (χ2n) is 3.51. The van der Waals surface area contributed by atoms with E-state index in [1.54, 1.807) is 6.07 Å². The highest BCUT2D eigenvalue weighted by Crippen LogP contribution is 2.32. The third kappa shape index (κ3) is 2.41. The van der Waals surface area contributed by atoms with Crippen molar-refractivity contribution in [3.63, 3.8) is 0 Å². The number of halogens is 2. The van der Waals surface area contributed by atoms with E-state index in [0.29, 0.717) is 5.75 Å². The van der Waals surface area contributed by atoms with E-state index < -0.39 is 0 Å². The van der Waals surface area contributed by atoms with Crippen LogP contribution in [-0.2, 0) is 0 Å². The Bertz CT molecular complexity index is 326. The van der Waals surface area contributed by atoms with Gasteiger partial charge in [0, 0.05) is 11.6 Å². The highest BCUT2D eigenvalue weighted by atomic mass is 35.5. The van der Waals surface area contributed by atoms with Gasteiger partial charge in [0.05, 0.1) is 7.11 Å². The smallest absolute Gasteiger partial charge is 0.165 e. The van der Waals surface area contributed by atoms with Crippen LogP contribution >= 0.6 is 12.4 Å². The molecule has 1 aliphatic heterocycles. The molecule has 1 atom stereocenters. The molecule has 1 aromatic carbocycles. The molecular formula is C11H15ClFNO. The van der Waals surface area contributed by atoms with Crippen LogP contribution in [0.15, 0.2) is 18.2 Å². The Morgan fingerprint density at radius 1 is 1.47 bits per heavy atom. The molecule has 0 amide bonds. The first-order chi connectivity index (χ1) is 6.83. The fraction of sp³-hybridized carbons (Fsp3) is 0.455. The quantitative estimate of drug-likeness (QED) is 0.845. The van der Waals surface area contributed by atoms with E-state index in [1.807, 2.05) is 6.07 Å².